The van der Waals surface area contributed by atoms with E-state index in [0.717, 1.165) is 5.56 Å². The van der Waals surface area contributed by atoms with Gasteiger partial charge in [-0.2, -0.15) is 0 Å². The van der Waals surface area contributed by atoms with Gasteiger partial charge in [-0.3, -0.25) is 4.79 Å². The van der Waals surface area contributed by atoms with Crippen molar-refractivity contribution in [1.82, 2.24) is 0 Å². The van der Waals surface area contributed by atoms with E-state index in [0.29, 0.717) is 5.57 Å². The van der Waals surface area contributed by atoms with E-state index >= 15 is 0 Å². The highest BCUT2D eigenvalue weighted by molar-refractivity contribution is 7.12. The Kier molecular flexibility index (Phi) is 4.19. The molecule has 16 heavy (non-hydrogen) atoms. The van der Waals surface area contributed by atoms with Gasteiger partial charge in [0.1, 0.15) is 0 Å². The molecule has 0 amide bonds. The molecule has 1 nitrogen and oxygen atoms in total. The molecule has 0 aliphatic rings. The van der Waals surface area contributed by atoms with Gasteiger partial charge in [0.15, 0.2) is 12.1 Å². The summed E-state index contributed by atoms with van der Waals surface area (Å²) in [5, 5.41) is 0. The second-order valence-electron chi connectivity index (χ2n) is 3.74. The molecule has 0 unspecified atom stereocenters. The maximum absolute atomic E-state index is 12.9. The highest BCUT2D eigenvalue weighted by Crippen LogP contribution is 2.28. The minimum absolute atomic E-state index is 0.234. The molecule has 1 rings (SSSR count). The zero-order valence-electron chi connectivity index (χ0n) is 9.93. The summed E-state index contributed by atoms with van der Waals surface area (Å²) in [6.45, 7) is 7.75. The van der Waals surface area contributed by atoms with Crippen molar-refractivity contribution in [3.05, 3.63) is 38.4 Å². The van der Waals surface area contributed by atoms with Gasteiger partial charge in [0.2, 0.25) is 0 Å². The number of rotatable bonds is 3. The molecular formula is C13H15FOS. The number of carbonyl (C=O) groups is 1. The van der Waals surface area contributed by atoms with Crippen molar-refractivity contribution in [3.63, 3.8) is 0 Å². The maximum Gasteiger partial charge on any atom is 0.178 e. The van der Waals surface area contributed by atoms with Crippen LogP contribution in [-0.2, 0) is 4.79 Å². The second-order valence-corrected chi connectivity index (χ2v) is 5.16. The minimum Gasteiger partial charge on any atom is -0.295 e. The lowest BCUT2D eigenvalue weighted by molar-refractivity contribution is -0.106. The van der Waals surface area contributed by atoms with Crippen molar-refractivity contribution in [2.75, 3.05) is 0 Å². The Bertz CT molecular complexity index is 467. The van der Waals surface area contributed by atoms with Gasteiger partial charge in [0, 0.05) is 9.75 Å². The molecule has 0 fully saturated rings. The molecule has 0 aliphatic carbocycles. The van der Waals surface area contributed by atoms with Gasteiger partial charge in [-0.1, -0.05) is 12.2 Å². The summed E-state index contributed by atoms with van der Waals surface area (Å²) in [4.78, 5) is 12.7. The number of thiophene rings is 1. The van der Waals surface area contributed by atoms with Crippen LogP contribution in [0.4, 0.5) is 4.39 Å². The van der Waals surface area contributed by atoms with Crippen LogP contribution in [-0.4, -0.2) is 6.29 Å². The van der Waals surface area contributed by atoms with E-state index in [1.54, 1.807) is 24.3 Å². The third kappa shape index (κ3) is 2.67. The fraction of sp³-hybridized carbons (Fsp3) is 0.308. The number of aldehydes is 1. The highest BCUT2D eigenvalue weighted by atomic mass is 32.1. The van der Waals surface area contributed by atoms with Crippen LogP contribution in [0.15, 0.2) is 17.5 Å². The van der Waals surface area contributed by atoms with Crippen LogP contribution in [0.2, 0.25) is 0 Å². The lowest BCUT2D eigenvalue weighted by atomic mass is 10.1. The number of hydrogen-bond acceptors (Lipinski definition) is 2. The van der Waals surface area contributed by atoms with E-state index in [1.165, 1.54) is 15.3 Å². The van der Waals surface area contributed by atoms with E-state index in [-0.39, 0.29) is 6.29 Å². The number of allylic oxidation sites excluding steroid dienone is 3. The molecular weight excluding hydrogens is 223 g/mol. The third-order valence-electron chi connectivity index (χ3n) is 2.60. The number of aryl methyl sites for hydroxylation is 2. The number of halogens is 1. The Morgan fingerprint density at radius 1 is 1.25 bits per heavy atom. The van der Waals surface area contributed by atoms with E-state index < -0.39 is 5.83 Å². The van der Waals surface area contributed by atoms with Gasteiger partial charge in [-0.15, -0.1) is 11.3 Å². The Labute approximate surface area is 99.3 Å². The first-order chi connectivity index (χ1) is 7.47. The Morgan fingerprint density at radius 3 is 2.31 bits per heavy atom. The SMILES string of the molecule is CC(/C=C/c1c(C)sc(C)c1C)=C(\F)C=O. The first-order valence-corrected chi connectivity index (χ1v) is 5.85. The van der Waals surface area contributed by atoms with Gasteiger partial charge >= 0.3 is 0 Å². The molecule has 0 spiro atoms. The van der Waals surface area contributed by atoms with Crippen molar-refractivity contribution in [2.24, 2.45) is 0 Å². The van der Waals surface area contributed by atoms with Crippen LogP contribution < -0.4 is 0 Å². The van der Waals surface area contributed by atoms with Crippen LogP contribution >= 0.6 is 11.3 Å². The molecule has 0 saturated heterocycles. The molecule has 0 bridgehead atoms. The van der Waals surface area contributed by atoms with Gasteiger partial charge < -0.3 is 0 Å². The summed E-state index contributed by atoms with van der Waals surface area (Å²) in [7, 11) is 0. The third-order valence-corrected chi connectivity index (χ3v) is 3.74. The average molecular weight is 238 g/mol. The van der Waals surface area contributed by atoms with Crippen LogP contribution in [0.1, 0.15) is 27.8 Å². The van der Waals surface area contributed by atoms with Crippen LogP contribution in [0, 0.1) is 20.8 Å². The maximum atomic E-state index is 12.9. The summed E-state index contributed by atoms with van der Waals surface area (Å²) >= 11 is 1.73. The van der Waals surface area contributed by atoms with E-state index in [4.69, 9.17) is 0 Å². The summed E-state index contributed by atoms with van der Waals surface area (Å²) in [5.41, 5.74) is 2.70. The quantitative estimate of drug-likeness (QED) is 0.439. The largest absolute Gasteiger partial charge is 0.295 e. The average Bonchev–Trinajstić information content (AvgIpc) is 2.49. The smallest absolute Gasteiger partial charge is 0.178 e. The molecule has 0 atom stereocenters. The Morgan fingerprint density at radius 2 is 1.88 bits per heavy atom. The minimum atomic E-state index is -0.710. The molecule has 3 heteroatoms. The van der Waals surface area contributed by atoms with Gasteiger partial charge in [-0.25, -0.2) is 4.39 Å². The first kappa shape index (κ1) is 12.8. The zero-order valence-corrected chi connectivity index (χ0v) is 10.7. The summed E-state index contributed by atoms with van der Waals surface area (Å²) in [6.07, 6.45) is 3.75. The molecule has 1 aromatic heterocycles. The Hall–Kier alpha value is -1.22. The summed E-state index contributed by atoms with van der Waals surface area (Å²) < 4.78 is 12.9. The second kappa shape index (κ2) is 5.21. The van der Waals surface area contributed by atoms with Crippen molar-refractivity contribution in [3.8, 4) is 0 Å². The van der Waals surface area contributed by atoms with E-state index in [1.807, 2.05) is 19.9 Å². The van der Waals surface area contributed by atoms with Crippen LogP contribution in [0.3, 0.4) is 0 Å². The van der Waals surface area contributed by atoms with E-state index in [9.17, 15) is 9.18 Å². The predicted octanol–water partition coefficient (Wildman–Crippen LogP) is 4.13. The standard InChI is InChI=1S/C13H15FOS/c1-8(13(14)7-15)5-6-12-9(2)10(3)16-11(12)4/h5-7H,1-4H3/b6-5+,13-8+. The fourth-order valence-corrected chi connectivity index (χ4v) is 2.49. The topological polar surface area (TPSA) is 17.1 Å². The van der Waals surface area contributed by atoms with Crippen LogP contribution in [0.25, 0.3) is 6.08 Å². The molecule has 0 N–H and O–H groups in total. The van der Waals surface area contributed by atoms with E-state index in [2.05, 4.69) is 6.92 Å². The first-order valence-electron chi connectivity index (χ1n) is 5.03. The van der Waals surface area contributed by atoms with Crippen molar-refractivity contribution in [1.29, 1.82) is 0 Å². The van der Waals surface area contributed by atoms with Crippen molar-refractivity contribution >= 4 is 23.7 Å². The highest BCUT2D eigenvalue weighted by Gasteiger charge is 2.06. The lowest BCUT2D eigenvalue weighted by Crippen LogP contribution is -1.81. The molecule has 0 aliphatic heterocycles. The zero-order chi connectivity index (χ0) is 12.3. The van der Waals surface area contributed by atoms with Crippen molar-refractivity contribution in [2.45, 2.75) is 27.7 Å². The summed E-state index contributed by atoms with van der Waals surface area (Å²) in [5.74, 6) is -0.710. The molecule has 1 aromatic rings. The van der Waals surface area contributed by atoms with Gasteiger partial charge in [-0.05, 0) is 44.4 Å². The van der Waals surface area contributed by atoms with Gasteiger partial charge in [0.05, 0.1) is 0 Å². The normalized spacial score (nSPS) is 13.1. The Balaban J connectivity index is 3.06. The van der Waals surface area contributed by atoms with Crippen molar-refractivity contribution < 1.29 is 9.18 Å². The summed E-state index contributed by atoms with van der Waals surface area (Å²) in [6, 6.07) is 0. The lowest BCUT2D eigenvalue weighted by Gasteiger charge is -1.95. The molecule has 0 radical (unpaired) electrons. The molecule has 1 heterocycles. The van der Waals surface area contributed by atoms with Gasteiger partial charge in [0.25, 0.3) is 0 Å². The predicted molar refractivity (Wildman–Crippen MR) is 67.4 cm³/mol. The molecule has 86 valence electrons. The number of carbonyl (C=O) groups excluding carboxylic acids is 1. The molecule has 0 saturated carbocycles. The number of hydrogen-bond donors (Lipinski definition) is 0. The monoisotopic (exact) mass is 238 g/mol. The molecule has 0 aromatic carbocycles. The van der Waals surface area contributed by atoms with Crippen LogP contribution in [0.5, 0.6) is 0 Å². The fourth-order valence-electron chi connectivity index (χ4n) is 1.44.